The van der Waals surface area contributed by atoms with Crippen molar-refractivity contribution in [2.75, 3.05) is 12.3 Å². The molecule has 14 heavy (non-hydrogen) atoms. The van der Waals surface area contributed by atoms with Crippen LogP contribution in [-0.4, -0.2) is 12.3 Å². The summed E-state index contributed by atoms with van der Waals surface area (Å²) in [6.07, 6.45) is 3.69. The quantitative estimate of drug-likeness (QED) is 0.575. The Kier molecular flexibility index (Phi) is 5.72. The first kappa shape index (κ1) is 11.6. The largest absolute Gasteiger partial charge is 0.330 e. The van der Waals surface area contributed by atoms with Gasteiger partial charge < -0.3 is 5.73 Å². The van der Waals surface area contributed by atoms with E-state index in [2.05, 4.69) is 31.2 Å². The van der Waals surface area contributed by atoms with E-state index >= 15 is 0 Å². The Morgan fingerprint density at radius 1 is 1.14 bits per heavy atom. The Balaban J connectivity index is 2.21. The minimum Gasteiger partial charge on any atom is -0.330 e. The van der Waals surface area contributed by atoms with E-state index in [1.807, 2.05) is 11.8 Å². The summed E-state index contributed by atoms with van der Waals surface area (Å²) in [6, 6.07) is 8.56. The fourth-order valence-corrected chi connectivity index (χ4v) is 2.36. The van der Waals surface area contributed by atoms with Gasteiger partial charge in [0.25, 0.3) is 0 Å². The van der Waals surface area contributed by atoms with Gasteiger partial charge in [-0.2, -0.15) is 0 Å². The van der Waals surface area contributed by atoms with Crippen molar-refractivity contribution < 1.29 is 0 Å². The van der Waals surface area contributed by atoms with Crippen LogP contribution < -0.4 is 5.73 Å². The average molecular weight is 209 g/mol. The smallest absolute Gasteiger partial charge is 0.0101 e. The number of hydrogen-bond donors (Lipinski definition) is 1. The summed E-state index contributed by atoms with van der Waals surface area (Å²) in [5, 5.41) is 0. The highest BCUT2D eigenvalue weighted by atomic mass is 32.2. The monoisotopic (exact) mass is 209 g/mol. The second-order valence-corrected chi connectivity index (χ2v) is 4.60. The van der Waals surface area contributed by atoms with Crippen LogP contribution in [0.3, 0.4) is 0 Å². The summed E-state index contributed by atoms with van der Waals surface area (Å²) in [5.41, 5.74) is 6.82. The molecular weight excluding hydrogens is 190 g/mol. The first-order chi connectivity index (χ1) is 6.84. The lowest BCUT2D eigenvalue weighted by molar-refractivity contribution is 0.732. The lowest BCUT2D eigenvalue weighted by Gasteiger charge is -2.04. The van der Waals surface area contributed by atoms with E-state index in [0.717, 1.165) is 13.0 Å². The van der Waals surface area contributed by atoms with Crippen LogP contribution in [0.2, 0.25) is 0 Å². The van der Waals surface area contributed by atoms with Gasteiger partial charge in [0.05, 0.1) is 0 Å². The van der Waals surface area contributed by atoms with Gasteiger partial charge in [0.15, 0.2) is 0 Å². The molecule has 2 heteroatoms. The number of nitrogens with two attached hydrogens (primary N) is 1. The summed E-state index contributed by atoms with van der Waals surface area (Å²) >= 11 is 1.96. The molecule has 78 valence electrons. The Labute approximate surface area is 91.1 Å². The predicted octanol–water partition coefficient (Wildman–Crippen LogP) is 3.22. The molecule has 0 radical (unpaired) electrons. The summed E-state index contributed by atoms with van der Waals surface area (Å²) in [6.45, 7) is 3.00. The highest BCUT2D eigenvalue weighted by Gasteiger charge is 1.96. The minimum atomic E-state index is 0.828. The van der Waals surface area contributed by atoms with Crippen molar-refractivity contribution >= 4 is 11.8 Å². The second kappa shape index (κ2) is 6.91. The Hall–Kier alpha value is -0.470. The topological polar surface area (TPSA) is 26.0 Å². The molecule has 0 bridgehead atoms. The van der Waals surface area contributed by atoms with Gasteiger partial charge in [-0.05, 0) is 43.7 Å². The molecule has 1 nitrogen and oxygen atoms in total. The van der Waals surface area contributed by atoms with Gasteiger partial charge in [0.1, 0.15) is 0 Å². The van der Waals surface area contributed by atoms with Gasteiger partial charge >= 0.3 is 0 Å². The van der Waals surface area contributed by atoms with Gasteiger partial charge in [-0.25, -0.2) is 0 Å². The van der Waals surface area contributed by atoms with Crippen LogP contribution in [0.1, 0.15) is 24.8 Å². The van der Waals surface area contributed by atoms with Crippen LogP contribution in [-0.2, 0) is 0 Å². The van der Waals surface area contributed by atoms with Crippen molar-refractivity contribution in [2.45, 2.75) is 31.1 Å². The van der Waals surface area contributed by atoms with Crippen molar-refractivity contribution in [1.82, 2.24) is 0 Å². The van der Waals surface area contributed by atoms with Gasteiger partial charge in [-0.15, -0.1) is 11.8 Å². The van der Waals surface area contributed by atoms with E-state index in [1.165, 1.54) is 29.1 Å². The van der Waals surface area contributed by atoms with E-state index in [4.69, 9.17) is 5.73 Å². The Morgan fingerprint density at radius 2 is 1.93 bits per heavy atom. The molecule has 2 N–H and O–H groups in total. The third-order valence-electron chi connectivity index (χ3n) is 2.20. The van der Waals surface area contributed by atoms with Crippen molar-refractivity contribution in [3.8, 4) is 0 Å². The normalized spacial score (nSPS) is 10.4. The maximum absolute atomic E-state index is 5.44. The van der Waals surface area contributed by atoms with Crippen molar-refractivity contribution in [1.29, 1.82) is 0 Å². The highest BCUT2D eigenvalue weighted by Crippen LogP contribution is 2.22. The zero-order valence-corrected chi connectivity index (χ0v) is 9.65. The fourth-order valence-electron chi connectivity index (χ4n) is 1.32. The molecule has 0 aliphatic rings. The zero-order valence-electron chi connectivity index (χ0n) is 8.83. The Bertz CT molecular complexity index is 260. The lowest BCUT2D eigenvalue weighted by Crippen LogP contribution is -1.97. The maximum atomic E-state index is 5.44. The minimum absolute atomic E-state index is 0.828. The van der Waals surface area contributed by atoms with Crippen LogP contribution in [0.5, 0.6) is 0 Å². The summed E-state index contributed by atoms with van der Waals surface area (Å²) < 4.78 is 0. The molecule has 0 aliphatic carbocycles. The summed E-state index contributed by atoms with van der Waals surface area (Å²) in [4.78, 5) is 1.42. The van der Waals surface area contributed by atoms with E-state index in [9.17, 15) is 0 Å². The molecular formula is C12H19NS. The van der Waals surface area contributed by atoms with E-state index in [0.29, 0.717) is 0 Å². The summed E-state index contributed by atoms with van der Waals surface area (Å²) in [7, 11) is 0. The number of unbranched alkanes of at least 4 members (excludes halogenated alkanes) is 2. The van der Waals surface area contributed by atoms with Crippen molar-refractivity contribution in [3.05, 3.63) is 29.8 Å². The fraction of sp³-hybridized carbons (Fsp3) is 0.500. The van der Waals surface area contributed by atoms with Crippen molar-refractivity contribution in [2.24, 2.45) is 5.73 Å². The molecule has 1 aromatic rings. The molecule has 0 aliphatic heterocycles. The Morgan fingerprint density at radius 3 is 2.64 bits per heavy atom. The van der Waals surface area contributed by atoms with E-state index < -0.39 is 0 Å². The molecule has 0 atom stereocenters. The number of aryl methyl sites for hydroxylation is 1. The molecule has 0 saturated heterocycles. The predicted molar refractivity (Wildman–Crippen MR) is 64.8 cm³/mol. The summed E-state index contributed by atoms with van der Waals surface area (Å²) in [5.74, 6) is 1.21. The number of benzene rings is 1. The molecule has 0 aromatic heterocycles. The van der Waals surface area contributed by atoms with Crippen LogP contribution in [0, 0.1) is 6.92 Å². The van der Waals surface area contributed by atoms with Crippen LogP contribution >= 0.6 is 11.8 Å². The molecule has 1 aromatic carbocycles. The van der Waals surface area contributed by atoms with E-state index in [-0.39, 0.29) is 0 Å². The zero-order chi connectivity index (χ0) is 10.2. The van der Waals surface area contributed by atoms with Crippen LogP contribution in [0.4, 0.5) is 0 Å². The SMILES string of the molecule is Cc1ccccc1SCCCCCN. The third-order valence-corrected chi connectivity index (χ3v) is 3.46. The number of rotatable bonds is 6. The second-order valence-electron chi connectivity index (χ2n) is 3.46. The first-order valence-corrected chi connectivity index (χ1v) is 6.21. The van der Waals surface area contributed by atoms with Gasteiger partial charge in [-0.3, -0.25) is 0 Å². The van der Waals surface area contributed by atoms with Crippen LogP contribution in [0.15, 0.2) is 29.2 Å². The molecule has 0 fully saturated rings. The molecule has 0 saturated carbocycles. The lowest BCUT2D eigenvalue weighted by atomic mass is 10.2. The molecule has 0 heterocycles. The highest BCUT2D eigenvalue weighted by molar-refractivity contribution is 7.99. The van der Waals surface area contributed by atoms with Gasteiger partial charge in [0, 0.05) is 4.90 Å². The van der Waals surface area contributed by atoms with Gasteiger partial charge in [-0.1, -0.05) is 24.6 Å². The van der Waals surface area contributed by atoms with Gasteiger partial charge in [0.2, 0.25) is 0 Å². The van der Waals surface area contributed by atoms with Crippen LogP contribution in [0.25, 0.3) is 0 Å². The molecule has 0 spiro atoms. The standard InChI is InChI=1S/C12H19NS/c1-11-7-3-4-8-12(11)14-10-6-2-5-9-13/h3-4,7-8H,2,5-6,9-10,13H2,1H3. The van der Waals surface area contributed by atoms with E-state index in [1.54, 1.807) is 0 Å². The number of thioether (sulfide) groups is 1. The average Bonchev–Trinajstić information content (AvgIpc) is 2.20. The maximum Gasteiger partial charge on any atom is 0.0101 e. The molecule has 1 rings (SSSR count). The third kappa shape index (κ3) is 4.16. The molecule has 0 amide bonds. The number of hydrogen-bond acceptors (Lipinski definition) is 2. The first-order valence-electron chi connectivity index (χ1n) is 5.23. The molecule has 0 unspecified atom stereocenters. The van der Waals surface area contributed by atoms with Crippen molar-refractivity contribution in [3.63, 3.8) is 0 Å².